The van der Waals surface area contributed by atoms with Crippen LogP contribution < -0.4 is 103 Å². The second kappa shape index (κ2) is 15.3. The van der Waals surface area contributed by atoms with Gasteiger partial charge in [-0.3, -0.25) is 0 Å². The zero-order valence-electron chi connectivity index (χ0n) is 8.54. The molecule has 14 heavy (non-hydrogen) atoms. The van der Waals surface area contributed by atoms with Gasteiger partial charge >= 0.3 is 88.7 Å². The summed E-state index contributed by atoms with van der Waals surface area (Å²) in [6.07, 6.45) is 0. The molecule has 0 spiro atoms. The Balaban J connectivity index is -0.0000000597. The van der Waals surface area contributed by atoms with E-state index in [0.717, 1.165) is 0 Å². The van der Waals surface area contributed by atoms with Crippen molar-refractivity contribution in [1.29, 1.82) is 0 Å². The van der Waals surface area contributed by atoms with Crippen LogP contribution in [-0.4, -0.2) is 0 Å². The fourth-order valence-electron chi connectivity index (χ4n) is 0.385. The third kappa shape index (κ3) is 36.7. The summed E-state index contributed by atoms with van der Waals surface area (Å²) in [6.45, 7) is 0. The summed E-state index contributed by atoms with van der Waals surface area (Å²) in [5.74, 6) is 0. The van der Waals surface area contributed by atoms with Crippen molar-refractivity contribution in [3.63, 3.8) is 0 Å². The molecule has 1 aromatic rings. The maximum atomic E-state index is 8.55. The minimum Gasteiger partial charge on any atom is -0.822 e. The van der Waals surface area contributed by atoms with Gasteiger partial charge in [-0.25, -0.2) is 0 Å². The van der Waals surface area contributed by atoms with Crippen LogP contribution in [0.25, 0.3) is 0 Å². The van der Waals surface area contributed by atoms with E-state index in [4.69, 9.17) is 19.2 Å². The van der Waals surface area contributed by atoms with Crippen LogP contribution >= 0.6 is 7.82 Å². The van der Waals surface area contributed by atoms with E-state index in [9.17, 15) is 0 Å². The number of rotatable bonds is 0. The molecule has 0 unspecified atom stereocenters. The minimum atomic E-state index is -5.39. The van der Waals surface area contributed by atoms with Gasteiger partial charge in [0.05, 0.1) is 0 Å². The van der Waals surface area contributed by atoms with Crippen molar-refractivity contribution in [3.8, 4) is 0 Å². The Hall–Kier alpha value is 2.33. The summed E-state index contributed by atoms with van der Waals surface area (Å²) in [7, 11) is -5.39. The van der Waals surface area contributed by atoms with Crippen LogP contribution in [0.4, 0.5) is 0 Å². The van der Waals surface area contributed by atoms with Crippen molar-refractivity contribution in [2.75, 3.05) is 0 Å². The number of hydrogen-bond donors (Lipinski definition) is 0. The Morgan fingerprint density at radius 2 is 0.714 bits per heavy atom. The van der Waals surface area contributed by atoms with Gasteiger partial charge in [-0.05, 0) is 0 Å². The molecule has 1 rings (SSSR count). The molecule has 0 heterocycles. The molecule has 0 amide bonds. The predicted molar refractivity (Wildman–Crippen MR) is 34.0 cm³/mol. The van der Waals surface area contributed by atoms with Gasteiger partial charge < -0.3 is 19.2 Å². The molecule has 0 aromatic heterocycles. The van der Waals surface area contributed by atoms with Crippen LogP contribution in [0, 0.1) is 0 Å². The van der Waals surface area contributed by atoms with Gasteiger partial charge in [-0.1, -0.05) is 36.4 Å². The monoisotopic (exact) mass is 242 g/mol. The van der Waals surface area contributed by atoms with Crippen molar-refractivity contribution < 1.29 is 108 Å². The van der Waals surface area contributed by atoms with Crippen LogP contribution in [0.2, 0.25) is 0 Å². The summed E-state index contributed by atoms with van der Waals surface area (Å²) >= 11 is 0. The minimum absolute atomic E-state index is 0. The molecule has 4 nitrogen and oxygen atoms in total. The van der Waals surface area contributed by atoms with Gasteiger partial charge in [0.2, 0.25) is 0 Å². The molecule has 62 valence electrons. The molecule has 0 saturated carbocycles. The first-order chi connectivity index (χ1) is 5.00. The Labute approximate surface area is 150 Å². The number of benzene rings is 1. The van der Waals surface area contributed by atoms with Gasteiger partial charge in [0.15, 0.2) is 0 Å². The van der Waals surface area contributed by atoms with Gasteiger partial charge in [0.25, 0.3) is 0 Å². The standard InChI is InChI=1S/C6H6.3Na.H3O4P/c1-2-4-6-5-3-1;;;;1-5(2,3)4/h1-6H;;;;(H3,1,2,3,4)/q;3*+1;/p-3. The molecule has 0 aliphatic rings. The molecule has 0 atom stereocenters. The first-order valence-corrected chi connectivity index (χ1v) is 4.19. The van der Waals surface area contributed by atoms with E-state index in [1.165, 1.54) is 0 Å². The van der Waals surface area contributed by atoms with Crippen molar-refractivity contribution in [2.45, 2.75) is 0 Å². The molecule has 0 bridgehead atoms. The van der Waals surface area contributed by atoms with Crippen LogP contribution in [0.1, 0.15) is 0 Å². The van der Waals surface area contributed by atoms with E-state index >= 15 is 0 Å². The zero-order valence-corrected chi connectivity index (χ0v) is 15.4. The maximum absolute atomic E-state index is 8.55. The van der Waals surface area contributed by atoms with Gasteiger partial charge in [0.1, 0.15) is 0 Å². The molecule has 0 fully saturated rings. The maximum Gasteiger partial charge on any atom is 1.00 e. The second-order valence-corrected chi connectivity index (χ2v) is 2.50. The molecule has 8 heteroatoms. The first kappa shape index (κ1) is 25.2. The van der Waals surface area contributed by atoms with E-state index in [1.54, 1.807) is 0 Å². The Kier molecular flexibility index (Phi) is 27.6. The quantitative estimate of drug-likeness (QED) is 0.334. The van der Waals surface area contributed by atoms with Crippen LogP contribution in [0.15, 0.2) is 36.4 Å². The summed E-state index contributed by atoms with van der Waals surface area (Å²) in [5, 5.41) is 0. The zero-order chi connectivity index (χ0) is 8.74. The van der Waals surface area contributed by atoms with E-state index in [2.05, 4.69) is 0 Å². The van der Waals surface area contributed by atoms with Gasteiger partial charge in [0, 0.05) is 0 Å². The van der Waals surface area contributed by atoms with Crippen LogP contribution in [-0.2, 0) is 4.57 Å². The van der Waals surface area contributed by atoms with Crippen molar-refractivity contribution >= 4 is 7.82 Å². The summed E-state index contributed by atoms with van der Waals surface area (Å²) in [6, 6.07) is 12.0. The molecule has 0 aliphatic heterocycles. The van der Waals surface area contributed by atoms with Crippen molar-refractivity contribution in [2.24, 2.45) is 0 Å². The van der Waals surface area contributed by atoms with Gasteiger partial charge in [-0.15, -0.1) is 0 Å². The molecular weight excluding hydrogens is 236 g/mol. The van der Waals surface area contributed by atoms with Crippen molar-refractivity contribution in [1.82, 2.24) is 0 Å². The third-order valence-electron chi connectivity index (χ3n) is 0.667. The van der Waals surface area contributed by atoms with Crippen LogP contribution in [0.5, 0.6) is 0 Å². The van der Waals surface area contributed by atoms with E-state index in [1.807, 2.05) is 36.4 Å². The average Bonchev–Trinajstić information content (AvgIpc) is 1.88. The molecule has 0 N–H and O–H groups in total. The molecule has 0 saturated heterocycles. The van der Waals surface area contributed by atoms with Gasteiger partial charge in [-0.2, -0.15) is 7.82 Å². The largest absolute Gasteiger partial charge is 1.00 e. The second-order valence-electron chi connectivity index (χ2n) is 1.60. The summed E-state index contributed by atoms with van der Waals surface area (Å²) < 4.78 is 8.55. The average molecular weight is 242 g/mol. The SMILES string of the molecule is O=P([O-])([O-])[O-].[Na+].[Na+].[Na+].c1ccccc1. The molecule has 0 aliphatic carbocycles. The van der Waals surface area contributed by atoms with Crippen LogP contribution in [0.3, 0.4) is 0 Å². The fraction of sp³-hybridized carbons (Fsp3) is 0. The molecular formula is C6H6Na3O4P. The first-order valence-electron chi connectivity index (χ1n) is 2.73. The number of phosphoric acid groups is 1. The third-order valence-corrected chi connectivity index (χ3v) is 0.667. The topological polar surface area (TPSA) is 86.2 Å². The Bertz CT molecular complexity index is 193. The normalized spacial score (nSPS) is 7.64. The summed E-state index contributed by atoms with van der Waals surface area (Å²) in [5.41, 5.74) is 0. The molecule has 0 radical (unpaired) electrons. The van der Waals surface area contributed by atoms with Crippen molar-refractivity contribution in [3.05, 3.63) is 36.4 Å². The summed E-state index contributed by atoms with van der Waals surface area (Å²) in [4.78, 5) is 25.6. The Morgan fingerprint density at radius 3 is 0.786 bits per heavy atom. The fourth-order valence-corrected chi connectivity index (χ4v) is 0.385. The Morgan fingerprint density at radius 1 is 0.643 bits per heavy atom. The predicted octanol–water partition coefficient (Wildman–Crippen LogP) is -10.1. The number of hydrogen-bond acceptors (Lipinski definition) is 4. The van der Waals surface area contributed by atoms with E-state index in [0.29, 0.717) is 0 Å². The smallest absolute Gasteiger partial charge is 0.822 e. The van der Waals surface area contributed by atoms with E-state index < -0.39 is 7.82 Å². The molecule has 1 aromatic carbocycles. The van der Waals surface area contributed by atoms with E-state index in [-0.39, 0.29) is 88.7 Å².